The molecule has 0 unspecified atom stereocenters. The predicted molar refractivity (Wildman–Crippen MR) is 52.7 cm³/mol. The topological polar surface area (TPSA) is 92.4 Å². The highest BCUT2D eigenvalue weighted by molar-refractivity contribution is 5.85. The largest absolute Gasteiger partial charge is 0.480 e. The van der Waals surface area contributed by atoms with Gasteiger partial charge in [0.15, 0.2) is 0 Å². The summed E-state index contributed by atoms with van der Waals surface area (Å²) < 4.78 is 0. The molecule has 0 aliphatic rings. The number of carbonyl (C=O) groups is 2. The SMILES string of the molecule is CCC(CC)(CN)C(=O)NCC(=O)O. The monoisotopic (exact) mass is 202 g/mol. The van der Waals surface area contributed by atoms with E-state index in [0.717, 1.165) is 0 Å². The second-order valence-corrected chi connectivity index (χ2v) is 3.27. The fourth-order valence-electron chi connectivity index (χ4n) is 1.30. The van der Waals surface area contributed by atoms with Gasteiger partial charge in [0, 0.05) is 6.54 Å². The van der Waals surface area contributed by atoms with Crippen molar-refractivity contribution in [3.63, 3.8) is 0 Å². The van der Waals surface area contributed by atoms with E-state index in [2.05, 4.69) is 5.32 Å². The van der Waals surface area contributed by atoms with Gasteiger partial charge in [0.1, 0.15) is 6.54 Å². The average Bonchev–Trinajstić information content (AvgIpc) is 2.18. The first-order chi connectivity index (χ1) is 6.52. The lowest BCUT2D eigenvalue weighted by atomic mass is 9.81. The van der Waals surface area contributed by atoms with Crippen LogP contribution in [0.2, 0.25) is 0 Å². The van der Waals surface area contributed by atoms with Crippen molar-refractivity contribution in [1.29, 1.82) is 0 Å². The van der Waals surface area contributed by atoms with Gasteiger partial charge < -0.3 is 16.2 Å². The number of hydrogen-bond acceptors (Lipinski definition) is 3. The van der Waals surface area contributed by atoms with Crippen LogP contribution in [0.5, 0.6) is 0 Å². The molecule has 82 valence electrons. The molecule has 14 heavy (non-hydrogen) atoms. The summed E-state index contributed by atoms with van der Waals surface area (Å²) in [5.74, 6) is -1.32. The maximum Gasteiger partial charge on any atom is 0.322 e. The fraction of sp³-hybridized carbons (Fsp3) is 0.778. The minimum atomic E-state index is -1.04. The summed E-state index contributed by atoms with van der Waals surface area (Å²) in [6, 6.07) is 0. The molecular weight excluding hydrogens is 184 g/mol. The molecule has 0 saturated carbocycles. The molecule has 0 fully saturated rings. The summed E-state index contributed by atoms with van der Waals surface area (Å²) >= 11 is 0. The van der Waals surface area contributed by atoms with Gasteiger partial charge in [0.25, 0.3) is 0 Å². The molecule has 0 bridgehead atoms. The quantitative estimate of drug-likeness (QED) is 0.563. The number of carboxylic acids is 1. The van der Waals surface area contributed by atoms with Gasteiger partial charge in [0.2, 0.25) is 5.91 Å². The van der Waals surface area contributed by atoms with Crippen LogP contribution in [0.15, 0.2) is 0 Å². The predicted octanol–water partition coefficient (Wildman–Crippen LogP) is -0.0477. The maximum atomic E-state index is 11.6. The zero-order chi connectivity index (χ0) is 11.2. The Morgan fingerprint density at radius 2 is 1.86 bits per heavy atom. The van der Waals surface area contributed by atoms with Crippen molar-refractivity contribution in [2.45, 2.75) is 26.7 Å². The first-order valence-electron chi connectivity index (χ1n) is 4.72. The number of nitrogens with two attached hydrogens (primary N) is 1. The zero-order valence-electron chi connectivity index (χ0n) is 8.67. The van der Waals surface area contributed by atoms with E-state index in [1.165, 1.54) is 0 Å². The van der Waals surface area contributed by atoms with Gasteiger partial charge in [-0.2, -0.15) is 0 Å². The Balaban J connectivity index is 4.36. The van der Waals surface area contributed by atoms with Crippen molar-refractivity contribution >= 4 is 11.9 Å². The van der Waals surface area contributed by atoms with E-state index in [0.29, 0.717) is 12.8 Å². The van der Waals surface area contributed by atoms with Crippen molar-refractivity contribution < 1.29 is 14.7 Å². The van der Waals surface area contributed by atoms with Gasteiger partial charge in [-0.3, -0.25) is 9.59 Å². The van der Waals surface area contributed by atoms with Crippen LogP contribution in [0.1, 0.15) is 26.7 Å². The smallest absolute Gasteiger partial charge is 0.322 e. The first kappa shape index (κ1) is 12.9. The van der Waals surface area contributed by atoms with Crippen LogP contribution in [0.3, 0.4) is 0 Å². The summed E-state index contributed by atoms with van der Waals surface area (Å²) in [6.45, 7) is 3.64. The molecule has 0 saturated heterocycles. The molecule has 0 atom stereocenters. The molecule has 5 heteroatoms. The number of nitrogens with one attached hydrogen (secondary N) is 1. The Morgan fingerprint density at radius 1 is 1.36 bits per heavy atom. The molecule has 0 aromatic heterocycles. The van der Waals surface area contributed by atoms with Gasteiger partial charge in [0.05, 0.1) is 5.41 Å². The van der Waals surface area contributed by atoms with Crippen LogP contribution >= 0.6 is 0 Å². The highest BCUT2D eigenvalue weighted by Crippen LogP contribution is 2.24. The number of rotatable bonds is 6. The Morgan fingerprint density at radius 3 is 2.14 bits per heavy atom. The minimum absolute atomic E-state index is 0.242. The van der Waals surface area contributed by atoms with Crippen LogP contribution in [-0.2, 0) is 9.59 Å². The molecule has 1 amide bonds. The Bertz CT molecular complexity index is 204. The molecule has 0 aliphatic heterocycles. The molecule has 0 aliphatic carbocycles. The molecule has 0 aromatic rings. The summed E-state index contributed by atoms with van der Waals surface area (Å²) in [6.07, 6.45) is 1.23. The molecule has 0 spiro atoms. The summed E-state index contributed by atoms with van der Waals surface area (Å²) in [5.41, 5.74) is 4.91. The minimum Gasteiger partial charge on any atom is -0.480 e. The summed E-state index contributed by atoms with van der Waals surface area (Å²) in [7, 11) is 0. The van der Waals surface area contributed by atoms with Crippen LogP contribution in [0.25, 0.3) is 0 Å². The second kappa shape index (κ2) is 5.59. The van der Waals surface area contributed by atoms with Crippen molar-refractivity contribution in [2.24, 2.45) is 11.1 Å². The van der Waals surface area contributed by atoms with Gasteiger partial charge in [-0.25, -0.2) is 0 Å². The standard InChI is InChI=1S/C9H18N2O3/c1-3-9(4-2,6-10)8(14)11-5-7(12)13/h3-6,10H2,1-2H3,(H,11,14)(H,12,13). The third kappa shape index (κ3) is 2.99. The molecular formula is C9H18N2O3. The fourth-order valence-corrected chi connectivity index (χ4v) is 1.30. The van der Waals surface area contributed by atoms with Crippen molar-refractivity contribution in [3.8, 4) is 0 Å². The number of aliphatic carboxylic acids is 1. The molecule has 0 heterocycles. The maximum absolute atomic E-state index is 11.6. The summed E-state index contributed by atoms with van der Waals surface area (Å²) in [5, 5.41) is 10.8. The van der Waals surface area contributed by atoms with Crippen molar-refractivity contribution in [1.82, 2.24) is 5.32 Å². The van der Waals surface area contributed by atoms with E-state index in [-0.39, 0.29) is 19.0 Å². The van der Waals surface area contributed by atoms with E-state index < -0.39 is 11.4 Å². The van der Waals surface area contributed by atoms with Crippen LogP contribution in [0, 0.1) is 5.41 Å². The molecule has 0 radical (unpaired) electrons. The molecule has 4 N–H and O–H groups in total. The van der Waals surface area contributed by atoms with E-state index in [1.54, 1.807) is 0 Å². The normalized spacial score (nSPS) is 11.1. The van der Waals surface area contributed by atoms with Gasteiger partial charge in [-0.1, -0.05) is 13.8 Å². The van der Waals surface area contributed by atoms with Crippen LogP contribution in [0.4, 0.5) is 0 Å². The van der Waals surface area contributed by atoms with Crippen LogP contribution in [-0.4, -0.2) is 30.1 Å². The molecule has 0 rings (SSSR count). The zero-order valence-corrected chi connectivity index (χ0v) is 8.67. The lowest BCUT2D eigenvalue weighted by Crippen LogP contribution is -2.46. The second-order valence-electron chi connectivity index (χ2n) is 3.27. The Hall–Kier alpha value is -1.10. The van der Waals surface area contributed by atoms with Gasteiger partial charge in [-0.05, 0) is 12.8 Å². The number of hydrogen-bond donors (Lipinski definition) is 3. The third-order valence-electron chi connectivity index (χ3n) is 2.63. The van der Waals surface area contributed by atoms with Crippen molar-refractivity contribution in [3.05, 3.63) is 0 Å². The average molecular weight is 202 g/mol. The Labute approximate surface area is 83.7 Å². The highest BCUT2D eigenvalue weighted by Gasteiger charge is 2.33. The van der Waals surface area contributed by atoms with E-state index >= 15 is 0 Å². The van der Waals surface area contributed by atoms with Gasteiger partial charge in [-0.15, -0.1) is 0 Å². The number of carboxylic acid groups (broad SMARTS) is 1. The summed E-state index contributed by atoms with van der Waals surface area (Å²) in [4.78, 5) is 21.9. The Kier molecular flexibility index (Phi) is 5.15. The van der Waals surface area contributed by atoms with E-state index in [9.17, 15) is 9.59 Å². The first-order valence-corrected chi connectivity index (χ1v) is 4.72. The number of carbonyl (C=O) groups excluding carboxylic acids is 1. The molecule has 5 nitrogen and oxygen atoms in total. The number of amides is 1. The lowest BCUT2D eigenvalue weighted by molar-refractivity contribution is -0.140. The third-order valence-corrected chi connectivity index (χ3v) is 2.63. The van der Waals surface area contributed by atoms with Gasteiger partial charge >= 0.3 is 5.97 Å². The highest BCUT2D eigenvalue weighted by atomic mass is 16.4. The van der Waals surface area contributed by atoms with E-state index in [4.69, 9.17) is 10.8 Å². The lowest BCUT2D eigenvalue weighted by Gasteiger charge is -2.28. The van der Waals surface area contributed by atoms with Crippen molar-refractivity contribution in [2.75, 3.05) is 13.1 Å². The van der Waals surface area contributed by atoms with Crippen LogP contribution < -0.4 is 11.1 Å². The van der Waals surface area contributed by atoms with E-state index in [1.807, 2.05) is 13.8 Å². The molecule has 0 aromatic carbocycles.